The minimum absolute atomic E-state index is 0.0154. The molecule has 0 radical (unpaired) electrons. The van der Waals surface area contributed by atoms with Crippen LogP contribution in [0.5, 0.6) is 11.5 Å². The van der Waals surface area contributed by atoms with Crippen LogP contribution in [0.1, 0.15) is 15.9 Å². The molecule has 0 spiro atoms. The summed E-state index contributed by atoms with van der Waals surface area (Å²) < 4.78 is 16.8. The number of ether oxygens (including phenoxy) is 2. The molecular formula is C18H18BNO4. The highest BCUT2D eigenvalue weighted by Crippen LogP contribution is 2.27. The van der Waals surface area contributed by atoms with Gasteiger partial charge in [0.1, 0.15) is 11.5 Å². The summed E-state index contributed by atoms with van der Waals surface area (Å²) in [5.74, 6) is 1.28. The zero-order valence-electron chi connectivity index (χ0n) is 13.4. The summed E-state index contributed by atoms with van der Waals surface area (Å²) in [6.45, 7) is 3.01. The summed E-state index contributed by atoms with van der Waals surface area (Å²) in [5, 5.41) is 0. The number of rotatable bonds is 3. The number of hydrogen-bond acceptors (Lipinski definition) is 4. The Hall–Kier alpha value is -2.31. The molecule has 0 bridgehead atoms. The zero-order chi connectivity index (χ0) is 16.4. The van der Waals surface area contributed by atoms with E-state index in [-0.39, 0.29) is 5.91 Å². The van der Waals surface area contributed by atoms with Crippen molar-refractivity contribution < 1.29 is 18.9 Å². The fourth-order valence-corrected chi connectivity index (χ4v) is 3.01. The predicted octanol–water partition coefficient (Wildman–Crippen LogP) is 1.46. The fourth-order valence-electron chi connectivity index (χ4n) is 3.01. The highest BCUT2D eigenvalue weighted by Gasteiger charge is 2.22. The highest BCUT2D eigenvalue weighted by atomic mass is 16.5. The lowest BCUT2D eigenvalue weighted by Crippen LogP contribution is -2.40. The van der Waals surface area contributed by atoms with E-state index >= 15 is 0 Å². The molecule has 0 atom stereocenters. The minimum atomic E-state index is -0.0154. The fraction of sp³-hybridized carbons (Fsp3) is 0.278. The second-order valence-corrected chi connectivity index (χ2v) is 5.93. The van der Waals surface area contributed by atoms with Gasteiger partial charge in [-0.3, -0.25) is 4.79 Å². The summed E-state index contributed by atoms with van der Waals surface area (Å²) in [7, 11) is 0.654. The molecule has 2 aliphatic heterocycles. The molecule has 5 nitrogen and oxygen atoms in total. The topological polar surface area (TPSA) is 48.0 Å². The van der Waals surface area contributed by atoms with Gasteiger partial charge in [-0.25, -0.2) is 0 Å². The van der Waals surface area contributed by atoms with Crippen molar-refractivity contribution in [1.82, 2.24) is 4.90 Å². The van der Waals surface area contributed by atoms with E-state index < -0.39 is 0 Å². The third kappa shape index (κ3) is 3.03. The Morgan fingerprint density at radius 3 is 2.83 bits per heavy atom. The first-order valence-electron chi connectivity index (χ1n) is 8.15. The smallest absolute Gasteiger partial charge is 0.309 e. The lowest BCUT2D eigenvalue weighted by molar-refractivity contribution is 0.0301. The van der Waals surface area contributed by atoms with Gasteiger partial charge in [0, 0.05) is 13.1 Å². The second kappa shape index (κ2) is 6.67. The predicted molar refractivity (Wildman–Crippen MR) is 91.3 cm³/mol. The van der Waals surface area contributed by atoms with E-state index in [0.717, 1.165) is 11.3 Å². The quantitative estimate of drug-likeness (QED) is 0.803. The number of fused-ring (bicyclic) bond motifs is 1. The van der Waals surface area contributed by atoms with Gasteiger partial charge in [-0.2, -0.15) is 0 Å². The van der Waals surface area contributed by atoms with Crippen molar-refractivity contribution in [3.05, 3.63) is 53.6 Å². The number of amides is 1. The van der Waals surface area contributed by atoms with Crippen LogP contribution in [-0.2, 0) is 16.0 Å². The van der Waals surface area contributed by atoms with Crippen LogP contribution in [0.3, 0.4) is 0 Å². The average molecular weight is 323 g/mol. The molecule has 24 heavy (non-hydrogen) atoms. The van der Waals surface area contributed by atoms with Crippen LogP contribution >= 0.6 is 0 Å². The monoisotopic (exact) mass is 323 g/mol. The number of carbonyl (C=O) groups excluding carboxylic acids is 1. The lowest BCUT2D eigenvalue weighted by Gasteiger charge is -2.27. The van der Waals surface area contributed by atoms with Crippen molar-refractivity contribution in [2.45, 2.75) is 6.61 Å². The van der Waals surface area contributed by atoms with Crippen molar-refractivity contribution in [1.29, 1.82) is 0 Å². The van der Waals surface area contributed by atoms with Gasteiger partial charge in [0.25, 0.3) is 5.91 Å². The van der Waals surface area contributed by atoms with E-state index in [1.807, 2.05) is 47.4 Å². The van der Waals surface area contributed by atoms with Gasteiger partial charge in [-0.05, 0) is 35.3 Å². The standard InChI is InChI=1S/C18H18BNO4/c21-18(20-7-9-22-10-8-20)15-3-1-2-4-17(15)24-14-5-6-16-13(11-14)12-23-19-16/h1-6,11,19H,7-10,12H2. The van der Waals surface area contributed by atoms with Crippen LogP contribution in [0.25, 0.3) is 0 Å². The Labute approximate surface area is 141 Å². The molecular weight excluding hydrogens is 305 g/mol. The Balaban J connectivity index is 1.58. The maximum absolute atomic E-state index is 12.8. The molecule has 1 amide bonds. The summed E-state index contributed by atoms with van der Waals surface area (Å²) in [6.07, 6.45) is 0. The Bertz CT molecular complexity index is 758. The first-order chi connectivity index (χ1) is 11.8. The largest absolute Gasteiger partial charge is 0.457 e. The van der Waals surface area contributed by atoms with E-state index in [9.17, 15) is 4.79 Å². The first kappa shape index (κ1) is 15.2. The van der Waals surface area contributed by atoms with Crippen LogP contribution < -0.4 is 10.2 Å². The average Bonchev–Trinajstić information content (AvgIpc) is 3.10. The lowest BCUT2D eigenvalue weighted by atomic mass is 9.87. The van der Waals surface area contributed by atoms with Crippen molar-refractivity contribution >= 4 is 18.9 Å². The van der Waals surface area contributed by atoms with Crippen LogP contribution in [0.4, 0.5) is 0 Å². The van der Waals surface area contributed by atoms with E-state index in [0.29, 0.717) is 51.7 Å². The summed E-state index contributed by atoms with van der Waals surface area (Å²) in [4.78, 5) is 14.6. The molecule has 1 saturated heterocycles. The van der Waals surface area contributed by atoms with Gasteiger partial charge in [0.2, 0.25) is 0 Å². The van der Waals surface area contributed by atoms with Crippen molar-refractivity contribution in [3.8, 4) is 11.5 Å². The number of morpholine rings is 1. The number of para-hydroxylation sites is 1. The van der Waals surface area contributed by atoms with E-state index in [1.54, 1.807) is 0 Å². The van der Waals surface area contributed by atoms with Crippen molar-refractivity contribution in [2.75, 3.05) is 26.3 Å². The third-order valence-corrected chi connectivity index (χ3v) is 4.34. The normalized spacial score (nSPS) is 16.4. The van der Waals surface area contributed by atoms with Gasteiger partial charge in [-0.15, -0.1) is 0 Å². The van der Waals surface area contributed by atoms with Gasteiger partial charge >= 0.3 is 7.48 Å². The second-order valence-electron chi connectivity index (χ2n) is 5.93. The molecule has 4 rings (SSSR count). The number of nitrogens with zero attached hydrogens (tertiary/aromatic N) is 1. The molecule has 0 aliphatic carbocycles. The van der Waals surface area contributed by atoms with Crippen molar-refractivity contribution in [3.63, 3.8) is 0 Å². The molecule has 122 valence electrons. The van der Waals surface area contributed by atoms with E-state index in [2.05, 4.69) is 0 Å². The Morgan fingerprint density at radius 2 is 1.96 bits per heavy atom. The van der Waals surface area contributed by atoms with E-state index in [4.69, 9.17) is 14.1 Å². The van der Waals surface area contributed by atoms with E-state index in [1.165, 1.54) is 5.46 Å². The molecule has 1 fully saturated rings. The zero-order valence-corrected chi connectivity index (χ0v) is 13.4. The Morgan fingerprint density at radius 1 is 1.12 bits per heavy atom. The first-order valence-corrected chi connectivity index (χ1v) is 8.15. The molecule has 2 aromatic carbocycles. The summed E-state index contributed by atoms with van der Waals surface area (Å²) in [6, 6.07) is 13.3. The number of hydrogen-bond donors (Lipinski definition) is 0. The number of carbonyl (C=O) groups is 1. The van der Waals surface area contributed by atoms with Crippen LogP contribution in [0.15, 0.2) is 42.5 Å². The minimum Gasteiger partial charge on any atom is -0.457 e. The van der Waals surface area contributed by atoms with Crippen LogP contribution in [0, 0.1) is 0 Å². The van der Waals surface area contributed by atoms with Gasteiger partial charge in [-0.1, -0.05) is 18.2 Å². The summed E-state index contributed by atoms with van der Waals surface area (Å²) in [5.41, 5.74) is 2.92. The maximum Gasteiger partial charge on any atom is 0.309 e. The third-order valence-electron chi connectivity index (χ3n) is 4.34. The molecule has 0 aromatic heterocycles. The van der Waals surface area contributed by atoms with Gasteiger partial charge in [0.05, 0.1) is 25.4 Å². The molecule has 6 heteroatoms. The maximum atomic E-state index is 12.8. The highest BCUT2D eigenvalue weighted by molar-refractivity contribution is 6.48. The van der Waals surface area contributed by atoms with Crippen LogP contribution in [-0.4, -0.2) is 44.6 Å². The molecule has 2 aromatic rings. The molecule has 2 aliphatic rings. The molecule has 0 saturated carbocycles. The molecule has 0 N–H and O–H groups in total. The van der Waals surface area contributed by atoms with Gasteiger partial charge in [0.15, 0.2) is 0 Å². The van der Waals surface area contributed by atoms with Gasteiger partial charge < -0.3 is 19.0 Å². The summed E-state index contributed by atoms with van der Waals surface area (Å²) >= 11 is 0. The van der Waals surface area contributed by atoms with Crippen molar-refractivity contribution in [2.24, 2.45) is 0 Å². The van der Waals surface area contributed by atoms with Crippen LogP contribution in [0.2, 0.25) is 0 Å². The molecule has 0 unspecified atom stereocenters. The molecule has 2 heterocycles. The SMILES string of the molecule is O=C(c1ccccc1Oc1ccc2c(c1)COB2)N1CCOCC1. The Kier molecular flexibility index (Phi) is 4.23. The number of benzene rings is 2.